The monoisotopic (exact) mass is 327 g/mol. The Balaban J connectivity index is 0.00000176. The number of nitrogens with one attached hydrogen (secondary N) is 1. The fraction of sp³-hybridized carbons (Fsp3) is 0.400. The molecule has 1 aliphatic heterocycles. The number of rotatable bonds is 3. The summed E-state index contributed by atoms with van der Waals surface area (Å²) in [5.41, 5.74) is 7.08. The Morgan fingerprint density at radius 1 is 1.41 bits per heavy atom. The summed E-state index contributed by atoms with van der Waals surface area (Å²) in [6, 6.07) is 2.05. The fourth-order valence-corrected chi connectivity index (χ4v) is 3.07. The van der Waals surface area contributed by atoms with E-state index in [1.54, 1.807) is 0 Å². The largest absolute Gasteiger partial charge is 0.488 e. The third-order valence-electron chi connectivity index (χ3n) is 3.62. The van der Waals surface area contributed by atoms with E-state index in [4.69, 9.17) is 22.7 Å². The molecular formula is C15H19F2N3OS. The molecule has 0 aliphatic carbocycles. The first kappa shape index (κ1) is 16.6. The highest BCUT2D eigenvalue weighted by atomic mass is 32.1. The lowest BCUT2D eigenvalue weighted by Gasteiger charge is -2.27. The van der Waals surface area contributed by atoms with Crippen LogP contribution >= 0.6 is 12.2 Å². The normalized spacial score (nSPS) is 16.6. The Kier molecular flexibility index (Phi) is 4.97. The van der Waals surface area contributed by atoms with Crippen molar-refractivity contribution in [3.63, 3.8) is 0 Å². The van der Waals surface area contributed by atoms with E-state index in [-0.39, 0.29) is 19.2 Å². The number of halogens is 2. The van der Waals surface area contributed by atoms with E-state index in [1.807, 2.05) is 10.8 Å². The zero-order valence-electron chi connectivity index (χ0n) is 11.2. The van der Waals surface area contributed by atoms with Gasteiger partial charge >= 0.3 is 0 Å². The predicted molar refractivity (Wildman–Crippen MR) is 83.7 cm³/mol. The van der Waals surface area contributed by atoms with Crippen LogP contribution in [-0.4, -0.2) is 22.7 Å². The van der Waals surface area contributed by atoms with Gasteiger partial charge in [0.1, 0.15) is 12.4 Å². The fourth-order valence-electron chi connectivity index (χ4n) is 2.74. The van der Waals surface area contributed by atoms with E-state index in [2.05, 4.69) is 4.98 Å². The van der Waals surface area contributed by atoms with E-state index >= 15 is 0 Å². The van der Waals surface area contributed by atoms with Crippen LogP contribution < -0.4 is 10.5 Å². The number of hydrogen-bond donors (Lipinski definition) is 2. The summed E-state index contributed by atoms with van der Waals surface area (Å²) in [6.45, 7) is 0.791. The van der Waals surface area contributed by atoms with Crippen molar-refractivity contribution in [3.05, 3.63) is 46.0 Å². The Labute approximate surface area is 132 Å². The van der Waals surface area contributed by atoms with Gasteiger partial charge in [-0.1, -0.05) is 7.43 Å². The first-order chi connectivity index (χ1) is 10.1. The number of fused-ring (bicyclic) bond motifs is 1. The molecule has 1 atom stereocenters. The number of nitrogens with two attached hydrogens (primary N) is 1. The topological polar surface area (TPSA) is 56.0 Å². The third kappa shape index (κ3) is 2.91. The maximum Gasteiger partial charge on any atom is 0.177 e. The average Bonchev–Trinajstić information content (AvgIpc) is 2.79. The standard InChI is InChI=1S/C14H15F2N3OS.CH4/c15-9-3-8-4-11(7-20-13(8)12(16)5-9)19-10(1-2-17)6-18-14(19)21;/h3,5-6,11H,1-2,4,7,17H2,(H,18,21);1H4. The summed E-state index contributed by atoms with van der Waals surface area (Å²) in [5, 5.41) is 0. The second-order valence-corrected chi connectivity index (χ2v) is 5.43. The lowest BCUT2D eigenvalue weighted by atomic mass is 10.0. The van der Waals surface area contributed by atoms with Crippen molar-refractivity contribution in [2.75, 3.05) is 13.2 Å². The molecule has 0 radical (unpaired) electrons. The number of imidazole rings is 1. The number of aromatic nitrogens is 2. The quantitative estimate of drug-likeness (QED) is 0.852. The van der Waals surface area contributed by atoms with Gasteiger partial charge in [-0.3, -0.25) is 0 Å². The molecule has 2 aromatic rings. The zero-order chi connectivity index (χ0) is 15.0. The molecule has 2 heterocycles. The van der Waals surface area contributed by atoms with Gasteiger partial charge in [-0.05, 0) is 24.8 Å². The van der Waals surface area contributed by atoms with Gasteiger partial charge in [0.05, 0.1) is 6.04 Å². The van der Waals surface area contributed by atoms with Crippen LogP contribution in [0.15, 0.2) is 18.3 Å². The summed E-state index contributed by atoms with van der Waals surface area (Å²) in [5.74, 6) is -1.13. The molecule has 1 aromatic heterocycles. The van der Waals surface area contributed by atoms with Crippen molar-refractivity contribution >= 4 is 12.2 Å². The second kappa shape index (κ2) is 6.58. The molecule has 0 amide bonds. The third-order valence-corrected chi connectivity index (χ3v) is 3.93. The van der Waals surface area contributed by atoms with Crippen molar-refractivity contribution in [1.82, 2.24) is 9.55 Å². The van der Waals surface area contributed by atoms with Gasteiger partial charge in [0, 0.05) is 36.4 Å². The van der Waals surface area contributed by atoms with Crippen LogP contribution in [0.1, 0.15) is 24.7 Å². The molecule has 0 spiro atoms. The molecule has 22 heavy (non-hydrogen) atoms. The van der Waals surface area contributed by atoms with Crippen LogP contribution in [0.25, 0.3) is 0 Å². The lowest BCUT2D eigenvalue weighted by molar-refractivity contribution is 0.210. The highest BCUT2D eigenvalue weighted by molar-refractivity contribution is 7.71. The van der Waals surface area contributed by atoms with Crippen molar-refractivity contribution in [2.24, 2.45) is 5.73 Å². The van der Waals surface area contributed by atoms with Gasteiger partial charge in [-0.15, -0.1) is 0 Å². The lowest BCUT2D eigenvalue weighted by Crippen LogP contribution is -2.27. The van der Waals surface area contributed by atoms with Crippen LogP contribution in [0.2, 0.25) is 0 Å². The molecule has 1 aliphatic rings. The molecule has 0 fully saturated rings. The molecule has 0 saturated carbocycles. The predicted octanol–water partition coefficient (Wildman–Crippen LogP) is 3.14. The van der Waals surface area contributed by atoms with Crippen LogP contribution in [0.4, 0.5) is 8.78 Å². The first-order valence-electron chi connectivity index (χ1n) is 6.69. The van der Waals surface area contributed by atoms with E-state index in [9.17, 15) is 8.78 Å². The van der Waals surface area contributed by atoms with Crippen molar-refractivity contribution in [2.45, 2.75) is 26.3 Å². The molecule has 3 N–H and O–H groups in total. The Morgan fingerprint density at radius 2 is 2.18 bits per heavy atom. The Morgan fingerprint density at radius 3 is 2.91 bits per heavy atom. The molecule has 7 heteroatoms. The summed E-state index contributed by atoms with van der Waals surface area (Å²) >= 11 is 5.28. The summed E-state index contributed by atoms with van der Waals surface area (Å²) in [7, 11) is 0. The number of aromatic amines is 1. The number of hydrogen-bond acceptors (Lipinski definition) is 3. The van der Waals surface area contributed by atoms with Gasteiger partial charge in [-0.2, -0.15) is 0 Å². The highest BCUT2D eigenvalue weighted by Crippen LogP contribution is 2.33. The number of benzene rings is 1. The van der Waals surface area contributed by atoms with Gasteiger partial charge in [-0.25, -0.2) is 8.78 Å². The minimum absolute atomic E-state index is 0. The summed E-state index contributed by atoms with van der Waals surface area (Å²) in [6.07, 6.45) is 2.96. The SMILES string of the molecule is C.NCCc1c[nH]c(=S)n1C1COc2c(F)cc(F)cc2C1. The number of ether oxygens (including phenoxy) is 1. The molecule has 3 rings (SSSR count). The zero-order valence-corrected chi connectivity index (χ0v) is 12.1. The molecule has 0 saturated heterocycles. The van der Waals surface area contributed by atoms with Crippen LogP contribution in [0.3, 0.4) is 0 Å². The summed E-state index contributed by atoms with van der Waals surface area (Å²) in [4.78, 5) is 2.98. The maximum atomic E-state index is 13.7. The Hall–Kier alpha value is -1.73. The van der Waals surface area contributed by atoms with Gasteiger partial charge < -0.3 is 20.0 Å². The van der Waals surface area contributed by atoms with E-state index in [1.165, 1.54) is 6.07 Å². The molecule has 4 nitrogen and oxygen atoms in total. The molecule has 1 aromatic carbocycles. The van der Waals surface area contributed by atoms with Crippen molar-refractivity contribution in [3.8, 4) is 5.75 Å². The molecule has 120 valence electrons. The Bertz CT molecular complexity index is 726. The van der Waals surface area contributed by atoms with E-state index < -0.39 is 11.6 Å². The van der Waals surface area contributed by atoms with E-state index in [0.717, 1.165) is 11.8 Å². The average molecular weight is 327 g/mol. The highest BCUT2D eigenvalue weighted by Gasteiger charge is 2.26. The van der Waals surface area contributed by atoms with Crippen molar-refractivity contribution < 1.29 is 13.5 Å². The first-order valence-corrected chi connectivity index (χ1v) is 7.10. The summed E-state index contributed by atoms with van der Waals surface area (Å²) < 4.78 is 35.0. The van der Waals surface area contributed by atoms with Crippen molar-refractivity contribution in [1.29, 1.82) is 0 Å². The van der Waals surface area contributed by atoms with Gasteiger partial charge in [0.2, 0.25) is 0 Å². The minimum atomic E-state index is -0.664. The second-order valence-electron chi connectivity index (χ2n) is 5.04. The molecule has 0 bridgehead atoms. The van der Waals surface area contributed by atoms with E-state index in [0.29, 0.717) is 36.3 Å². The van der Waals surface area contributed by atoms with Crippen LogP contribution in [0.5, 0.6) is 5.75 Å². The molecule has 1 unspecified atom stereocenters. The maximum absolute atomic E-state index is 13.7. The van der Waals surface area contributed by atoms with Gasteiger partial charge in [0.15, 0.2) is 16.3 Å². The minimum Gasteiger partial charge on any atom is -0.488 e. The van der Waals surface area contributed by atoms with Gasteiger partial charge in [0.25, 0.3) is 0 Å². The van der Waals surface area contributed by atoms with Crippen LogP contribution in [-0.2, 0) is 12.8 Å². The number of nitrogens with zero attached hydrogens (tertiary/aromatic N) is 1. The number of H-pyrrole nitrogens is 1. The smallest absolute Gasteiger partial charge is 0.177 e. The molecular weight excluding hydrogens is 308 g/mol. The van der Waals surface area contributed by atoms with Crippen LogP contribution in [0, 0.1) is 16.4 Å².